The predicted octanol–water partition coefficient (Wildman–Crippen LogP) is 0.112. The smallest absolute Gasteiger partial charge is 0.219 e. The molecule has 0 unspecified atom stereocenters. The number of hydrogen-bond acceptors (Lipinski definition) is 3. The molecule has 1 heterocycles. The first-order chi connectivity index (χ1) is 7.09. The first kappa shape index (κ1) is 10.9. The molecule has 4 nitrogen and oxygen atoms in total. The molecule has 2 N–H and O–H groups in total. The lowest BCUT2D eigenvalue weighted by Gasteiger charge is -2.38. The van der Waals surface area contributed by atoms with Crippen LogP contribution in [-0.2, 0) is 4.79 Å². The zero-order chi connectivity index (χ0) is 10.9. The van der Waals surface area contributed by atoms with E-state index in [1.54, 1.807) is 6.92 Å². The molecule has 1 saturated carbocycles. The van der Waals surface area contributed by atoms with E-state index in [0.717, 1.165) is 0 Å². The maximum atomic E-state index is 11.1. The first-order valence-corrected chi connectivity index (χ1v) is 5.80. The van der Waals surface area contributed by atoms with E-state index in [4.69, 9.17) is 0 Å². The van der Waals surface area contributed by atoms with Gasteiger partial charge in [0.1, 0.15) is 0 Å². The molecule has 1 amide bonds. The standard InChI is InChI=1S/C11H20N2O2/c1-9(14)13-6-4-11(15,5-7-13)8-12-10-2-3-10/h10,12,15H,2-8H2,1H3. The third kappa shape index (κ3) is 2.92. The number of nitrogens with one attached hydrogen (secondary N) is 1. The molecular weight excluding hydrogens is 192 g/mol. The van der Waals surface area contributed by atoms with Crippen molar-refractivity contribution in [3.63, 3.8) is 0 Å². The fourth-order valence-electron chi connectivity index (χ4n) is 2.04. The topological polar surface area (TPSA) is 52.6 Å². The summed E-state index contributed by atoms with van der Waals surface area (Å²) >= 11 is 0. The van der Waals surface area contributed by atoms with Crippen molar-refractivity contribution >= 4 is 5.91 Å². The minimum atomic E-state index is -0.589. The lowest BCUT2D eigenvalue weighted by Crippen LogP contribution is -2.51. The second-order valence-corrected chi connectivity index (χ2v) is 4.89. The van der Waals surface area contributed by atoms with E-state index >= 15 is 0 Å². The highest BCUT2D eigenvalue weighted by Gasteiger charge is 2.34. The monoisotopic (exact) mass is 212 g/mol. The minimum absolute atomic E-state index is 0.118. The third-order valence-electron chi connectivity index (χ3n) is 3.44. The molecule has 0 aromatic rings. The zero-order valence-corrected chi connectivity index (χ0v) is 9.33. The molecule has 0 atom stereocenters. The van der Waals surface area contributed by atoms with Gasteiger partial charge in [0, 0.05) is 32.6 Å². The van der Waals surface area contributed by atoms with Crippen LogP contribution in [-0.4, -0.2) is 47.2 Å². The second-order valence-electron chi connectivity index (χ2n) is 4.89. The van der Waals surface area contributed by atoms with Crippen LogP contribution in [0.5, 0.6) is 0 Å². The van der Waals surface area contributed by atoms with Crippen LogP contribution in [0.15, 0.2) is 0 Å². The molecule has 15 heavy (non-hydrogen) atoms. The highest BCUT2D eigenvalue weighted by Crippen LogP contribution is 2.24. The van der Waals surface area contributed by atoms with Crippen molar-refractivity contribution in [2.24, 2.45) is 0 Å². The first-order valence-electron chi connectivity index (χ1n) is 5.80. The van der Waals surface area contributed by atoms with Gasteiger partial charge < -0.3 is 15.3 Å². The molecule has 0 bridgehead atoms. The van der Waals surface area contributed by atoms with Crippen LogP contribution < -0.4 is 5.32 Å². The van der Waals surface area contributed by atoms with Crippen molar-refractivity contribution in [1.82, 2.24) is 10.2 Å². The molecule has 1 saturated heterocycles. The summed E-state index contributed by atoms with van der Waals surface area (Å²) in [5.74, 6) is 0.118. The number of amides is 1. The van der Waals surface area contributed by atoms with Gasteiger partial charge in [0.25, 0.3) is 0 Å². The van der Waals surface area contributed by atoms with E-state index in [-0.39, 0.29) is 5.91 Å². The summed E-state index contributed by atoms with van der Waals surface area (Å²) in [5.41, 5.74) is -0.589. The van der Waals surface area contributed by atoms with Crippen LogP contribution in [0.1, 0.15) is 32.6 Å². The van der Waals surface area contributed by atoms with Crippen LogP contribution >= 0.6 is 0 Å². The summed E-state index contributed by atoms with van der Waals surface area (Å²) in [6, 6.07) is 0.639. The van der Waals surface area contributed by atoms with Gasteiger partial charge in [0.05, 0.1) is 5.60 Å². The highest BCUT2D eigenvalue weighted by atomic mass is 16.3. The van der Waals surface area contributed by atoms with Crippen LogP contribution in [0.2, 0.25) is 0 Å². The molecule has 2 rings (SSSR count). The van der Waals surface area contributed by atoms with Crippen molar-refractivity contribution in [1.29, 1.82) is 0 Å². The lowest BCUT2D eigenvalue weighted by molar-refractivity contribution is -0.132. The fourth-order valence-corrected chi connectivity index (χ4v) is 2.04. The van der Waals surface area contributed by atoms with Crippen LogP contribution in [0, 0.1) is 0 Å². The van der Waals surface area contributed by atoms with Gasteiger partial charge in [-0.15, -0.1) is 0 Å². The quantitative estimate of drug-likeness (QED) is 0.698. The molecule has 0 radical (unpaired) electrons. The van der Waals surface area contributed by atoms with Gasteiger partial charge in [0.15, 0.2) is 0 Å². The lowest BCUT2D eigenvalue weighted by atomic mass is 9.91. The van der Waals surface area contributed by atoms with E-state index < -0.39 is 5.60 Å². The number of carbonyl (C=O) groups is 1. The Morgan fingerprint density at radius 2 is 2.07 bits per heavy atom. The number of rotatable bonds is 3. The van der Waals surface area contributed by atoms with E-state index in [1.165, 1.54) is 12.8 Å². The van der Waals surface area contributed by atoms with E-state index in [0.29, 0.717) is 38.5 Å². The number of carbonyl (C=O) groups excluding carboxylic acids is 1. The van der Waals surface area contributed by atoms with E-state index in [2.05, 4.69) is 5.32 Å². The van der Waals surface area contributed by atoms with Gasteiger partial charge in [-0.1, -0.05) is 0 Å². The van der Waals surface area contributed by atoms with Gasteiger partial charge in [-0.3, -0.25) is 4.79 Å². The van der Waals surface area contributed by atoms with Gasteiger partial charge in [-0.2, -0.15) is 0 Å². The third-order valence-corrected chi connectivity index (χ3v) is 3.44. The maximum Gasteiger partial charge on any atom is 0.219 e. The highest BCUT2D eigenvalue weighted by molar-refractivity contribution is 5.73. The Balaban J connectivity index is 1.76. The molecule has 0 spiro atoms. The SMILES string of the molecule is CC(=O)N1CCC(O)(CNC2CC2)CC1. The predicted molar refractivity (Wildman–Crippen MR) is 57.5 cm³/mol. The van der Waals surface area contributed by atoms with Crippen LogP contribution in [0.3, 0.4) is 0 Å². The Kier molecular flexibility index (Phi) is 2.98. The second kappa shape index (κ2) is 4.10. The molecule has 86 valence electrons. The average molecular weight is 212 g/mol. The number of nitrogens with zero attached hydrogens (tertiary/aromatic N) is 1. The molecule has 4 heteroatoms. The molecular formula is C11H20N2O2. The Morgan fingerprint density at radius 3 is 2.53 bits per heavy atom. The van der Waals surface area contributed by atoms with Gasteiger partial charge in [-0.25, -0.2) is 0 Å². The molecule has 0 aromatic carbocycles. The summed E-state index contributed by atoms with van der Waals surface area (Å²) < 4.78 is 0. The van der Waals surface area contributed by atoms with Gasteiger partial charge in [0.2, 0.25) is 5.91 Å². The largest absolute Gasteiger partial charge is 0.388 e. The Morgan fingerprint density at radius 1 is 1.47 bits per heavy atom. The minimum Gasteiger partial charge on any atom is -0.388 e. The van der Waals surface area contributed by atoms with Crippen LogP contribution in [0.25, 0.3) is 0 Å². The molecule has 1 aliphatic carbocycles. The van der Waals surface area contributed by atoms with Crippen molar-refractivity contribution in [3.05, 3.63) is 0 Å². The summed E-state index contributed by atoms with van der Waals surface area (Å²) in [4.78, 5) is 12.9. The van der Waals surface area contributed by atoms with Crippen LogP contribution in [0.4, 0.5) is 0 Å². The maximum absolute atomic E-state index is 11.1. The fraction of sp³-hybridized carbons (Fsp3) is 0.909. The normalized spacial score (nSPS) is 25.3. The average Bonchev–Trinajstić information content (AvgIpc) is 2.99. The Labute approximate surface area is 90.6 Å². The summed E-state index contributed by atoms with van der Waals surface area (Å²) in [7, 11) is 0. The number of aliphatic hydroxyl groups is 1. The zero-order valence-electron chi connectivity index (χ0n) is 9.33. The van der Waals surface area contributed by atoms with Crippen molar-refractivity contribution in [3.8, 4) is 0 Å². The molecule has 2 fully saturated rings. The Bertz CT molecular complexity index is 243. The molecule has 0 aromatic heterocycles. The number of hydrogen-bond donors (Lipinski definition) is 2. The molecule has 1 aliphatic heterocycles. The Hall–Kier alpha value is -0.610. The number of likely N-dealkylation sites (tertiary alicyclic amines) is 1. The molecule has 2 aliphatic rings. The van der Waals surface area contributed by atoms with Crippen molar-refractivity contribution in [2.75, 3.05) is 19.6 Å². The summed E-state index contributed by atoms with van der Waals surface area (Å²) in [6.45, 7) is 3.66. The van der Waals surface area contributed by atoms with Crippen molar-refractivity contribution < 1.29 is 9.90 Å². The van der Waals surface area contributed by atoms with Gasteiger partial charge >= 0.3 is 0 Å². The van der Waals surface area contributed by atoms with Crippen molar-refractivity contribution in [2.45, 2.75) is 44.2 Å². The summed E-state index contributed by atoms with van der Waals surface area (Å²) in [6.07, 6.45) is 3.89. The summed E-state index contributed by atoms with van der Waals surface area (Å²) in [5, 5.41) is 13.6. The van der Waals surface area contributed by atoms with E-state index in [9.17, 15) is 9.90 Å². The van der Waals surface area contributed by atoms with Gasteiger partial charge in [-0.05, 0) is 25.7 Å². The number of piperidine rings is 1. The van der Waals surface area contributed by atoms with E-state index in [1.807, 2.05) is 4.90 Å².